The number of rotatable bonds is 3. The van der Waals surface area contributed by atoms with Gasteiger partial charge in [-0.3, -0.25) is 9.78 Å². The first kappa shape index (κ1) is 14.7. The first-order valence-corrected chi connectivity index (χ1v) is 8.17. The van der Waals surface area contributed by atoms with Crippen molar-refractivity contribution >= 4 is 22.4 Å². The van der Waals surface area contributed by atoms with Crippen LogP contribution in [-0.2, 0) is 11.2 Å². The number of pyridine rings is 1. The van der Waals surface area contributed by atoms with Crippen molar-refractivity contribution in [3.63, 3.8) is 0 Å². The molecule has 0 radical (unpaired) electrons. The number of amides is 1. The van der Waals surface area contributed by atoms with Gasteiger partial charge in [-0.15, -0.1) is 0 Å². The number of nitrogens with zero attached hydrogens (tertiary/aromatic N) is 2. The van der Waals surface area contributed by atoms with Gasteiger partial charge in [0.15, 0.2) is 6.61 Å². The van der Waals surface area contributed by atoms with E-state index in [9.17, 15) is 4.79 Å². The number of ether oxygens (including phenoxy) is 1. The van der Waals surface area contributed by atoms with Gasteiger partial charge in [0, 0.05) is 35.4 Å². The number of para-hydroxylation sites is 1. The summed E-state index contributed by atoms with van der Waals surface area (Å²) in [5.74, 6) is 0.710. The molecule has 4 heteroatoms. The number of aromatic nitrogens is 1. The van der Waals surface area contributed by atoms with E-state index >= 15 is 0 Å². The zero-order valence-electron chi connectivity index (χ0n) is 13.3. The van der Waals surface area contributed by atoms with Crippen LogP contribution < -0.4 is 9.64 Å². The van der Waals surface area contributed by atoms with E-state index in [0.717, 1.165) is 35.8 Å². The van der Waals surface area contributed by atoms with E-state index in [1.54, 1.807) is 12.4 Å². The Morgan fingerprint density at radius 2 is 2.04 bits per heavy atom. The number of aryl methyl sites for hydroxylation is 1. The van der Waals surface area contributed by atoms with Crippen LogP contribution in [0, 0.1) is 0 Å². The molecule has 2 aromatic carbocycles. The summed E-state index contributed by atoms with van der Waals surface area (Å²) in [5.41, 5.74) is 2.24. The second-order valence-corrected chi connectivity index (χ2v) is 5.92. The highest BCUT2D eigenvalue weighted by atomic mass is 16.5. The SMILES string of the molecule is O=C(COc1cccc2cnccc12)N1CCCc2ccccc21. The lowest BCUT2D eigenvalue weighted by molar-refractivity contribution is -0.120. The Morgan fingerprint density at radius 3 is 3.00 bits per heavy atom. The summed E-state index contributed by atoms with van der Waals surface area (Å²) in [5, 5.41) is 1.98. The first-order valence-electron chi connectivity index (χ1n) is 8.17. The van der Waals surface area contributed by atoms with Crippen molar-refractivity contribution in [1.29, 1.82) is 0 Å². The van der Waals surface area contributed by atoms with Gasteiger partial charge in [0.2, 0.25) is 0 Å². The molecule has 3 aromatic rings. The molecule has 0 fully saturated rings. The minimum Gasteiger partial charge on any atom is -0.483 e. The van der Waals surface area contributed by atoms with E-state index in [1.807, 2.05) is 47.4 Å². The van der Waals surface area contributed by atoms with E-state index < -0.39 is 0 Å². The second kappa shape index (κ2) is 6.32. The Balaban J connectivity index is 1.53. The standard InChI is InChI=1S/C20H18N2O2/c23-20(22-12-4-7-15-5-1-2-8-18(15)22)14-24-19-9-3-6-16-13-21-11-10-17(16)19/h1-3,5-6,8-11,13H,4,7,12,14H2. The Morgan fingerprint density at radius 1 is 1.12 bits per heavy atom. The lowest BCUT2D eigenvalue weighted by Gasteiger charge is -2.29. The van der Waals surface area contributed by atoms with Gasteiger partial charge in [-0.25, -0.2) is 0 Å². The quantitative estimate of drug-likeness (QED) is 0.741. The molecule has 24 heavy (non-hydrogen) atoms. The third-order valence-electron chi connectivity index (χ3n) is 4.40. The van der Waals surface area contributed by atoms with Crippen LogP contribution in [0.2, 0.25) is 0 Å². The number of anilines is 1. The summed E-state index contributed by atoms with van der Waals surface area (Å²) in [6.45, 7) is 0.786. The van der Waals surface area contributed by atoms with Crippen LogP contribution in [0.1, 0.15) is 12.0 Å². The molecule has 0 unspecified atom stereocenters. The number of carbonyl (C=O) groups is 1. The molecule has 1 aliphatic rings. The molecule has 0 bridgehead atoms. The molecule has 1 aliphatic heterocycles. The van der Waals surface area contributed by atoms with Crippen LogP contribution in [0.25, 0.3) is 10.8 Å². The molecule has 1 aromatic heterocycles. The monoisotopic (exact) mass is 318 g/mol. The predicted molar refractivity (Wildman–Crippen MR) is 94.4 cm³/mol. The minimum absolute atomic E-state index is 0.00629. The van der Waals surface area contributed by atoms with Crippen molar-refractivity contribution in [2.75, 3.05) is 18.1 Å². The van der Waals surface area contributed by atoms with Gasteiger partial charge in [-0.2, -0.15) is 0 Å². The molecule has 120 valence electrons. The van der Waals surface area contributed by atoms with Crippen molar-refractivity contribution in [1.82, 2.24) is 4.98 Å². The van der Waals surface area contributed by atoms with Crippen LogP contribution in [0.3, 0.4) is 0 Å². The summed E-state index contributed by atoms with van der Waals surface area (Å²) in [6, 6.07) is 15.8. The van der Waals surface area contributed by atoms with Gasteiger partial charge in [0.1, 0.15) is 5.75 Å². The summed E-state index contributed by atoms with van der Waals surface area (Å²) in [7, 11) is 0. The molecule has 0 spiro atoms. The lowest BCUT2D eigenvalue weighted by Crippen LogP contribution is -2.38. The highest BCUT2D eigenvalue weighted by Gasteiger charge is 2.22. The summed E-state index contributed by atoms with van der Waals surface area (Å²) in [6.07, 6.45) is 5.54. The Bertz CT molecular complexity index is 886. The Hall–Kier alpha value is -2.88. The maximum Gasteiger partial charge on any atom is 0.264 e. The van der Waals surface area contributed by atoms with Crippen LogP contribution in [0.5, 0.6) is 5.75 Å². The summed E-state index contributed by atoms with van der Waals surface area (Å²) in [4.78, 5) is 18.6. The van der Waals surface area contributed by atoms with Gasteiger partial charge in [0.25, 0.3) is 5.91 Å². The van der Waals surface area contributed by atoms with E-state index in [-0.39, 0.29) is 12.5 Å². The fourth-order valence-electron chi connectivity index (χ4n) is 3.23. The van der Waals surface area contributed by atoms with Gasteiger partial charge >= 0.3 is 0 Å². The average Bonchev–Trinajstić information content (AvgIpc) is 2.65. The molecule has 0 atom stereocenters. The summed E-state index contributed by atoms with van der Waals surface area (Å²) < 4.78 is 5.83. The number of fused-ring (bicyclic) bond motifs is 2. The molecule has 2 heterocycles. The van der Waals surface area contributed by atoms with Crippen molar-refractivity contribution in [3.05, 3.63) is 66.5 Å². The van der Waals surface area contributed by atoms with Crippen molar-refractivity contribution in [2.24, 2.45) is 0 Å². The molecule has 0 saturated carbocycles. The molecule has 0 aliphatic carbocycles. The fraction of sp³-hybridized carbons (Fsp3) is 0.200. The van der Waals surface area contributed by atoms with E-state index in [0.29, 0.717) is 5.75 Å². The fourth-order valence-corrected chi connectivity index (χ4v) is 3.23. The van der Waals surface area contributed by atoms with Crippen molar-refractivity contribution in [3.8, 4) is 5.75 Å². The molecule has 0 saturated heterocycles. The zero-order valence-corrected chi connectivity index (χ0v) is 13.3. The third-order valence-corrected chi connectivity index (χ3v) is 4.40. The van der Waals surface area contributed by atoms with Gasteiger partial charge in [-0.05, 0) is 36.6 Å². The van der Waals surface area contributed by atoms with E-state index in [2.05, 4.69) is 11.1 Å². The van der Waals surface area contributed by atoms with Gasteiger partial charge in [0.05, 0.1) is 0 Å². The first-order chi connectivity index (χ1) is 11.8. The maximum absolute atomic E-state index is 12.7. The predicted octanol–water partition coefficient (Wildman–Crippen LogP) is 3.59. The van der Waals surface area contributed by atoms with Crippen LogP contribution >= 0.6 is 0 Å². The third kappa shape index (κ3) is 2.71. The Kier molecular flexibility index (Phi) is 3.87. The Labute approximate surface area is 140 Å². The highest BCUT2D eigenvalue weighted by molar-refractivity contribution is 5.96. The molecule has 4 nitrogen and oxygen atoms in total. The van der Waals surface area contributed by atoms with Crippen LogP contribution in [0.4, 0.5) is 5.69 Å². The topological polar surface area (TPSA) is 42.4 Å². The van der Waals surface area contributed by atoms with E-state index in [1.165, 1.54) is 5.56 Å². The van der Waals surface area contributed by atoms with Crippen molar-refractivity contribution in [2.45, 2.75) is 12.8 Å². The number of hydrogen-bond acceptors (Lipinski definition) is 3. The highest BCUT2D eigenvalue weighted by Crippen LogP contribution is 2.28. The van der Waals surface area contributed by atoms with E-state index in [4.69, 9.17) is 4.74 Å². The number of benzene rings is 2. The smallest absolute Gasteiger partial charge is 0.264 e. The molecular formula is C20H18N2O2. The number of carbonyl (C=O) groups excluding carboxylic acids is 1. The lowest BCUT2D eigenvalue weighted by atomic mass is 10.0. The van der Waals surface area contributed by atoms with Crippen molar-refractivity contribution < 1.29 is 9.53 Å². The zero-order chi connectivity index (χ0) is 16.4. The number of hydrogen-bond donors (Lipinski definition) is 0. The summed E-state index contributed by atoms with van der Waals surface area (Å²) >= 11 is 0. The minimum atomic E-state index is -0.00629. The molecule has 4 rings (SSSR count). The maximum atomic E-state index is 12.7. The second-order valence-electron chi connectivity index (χ2n) is 5.92. The molecule has 1 amide bonds. The average molecular weight is 318 g/mol. The normalized spacial score (nSPS) is 13.6. The molecule has 0 N–H and O–H groups in total. The largest absolute Gasteiger partial charge is 0.483 e. The van der Waals surface area contributed by atoms with Crippen LogP contribution in [0.15, 0.2) is 60.9 Å². The molecular weight excluding hydrogens is 300 g/mol. The van der Waals surface area contributed by atoms with Crippen LogP contribution in [-0.4, -0.2) is 24.0 Å². The van der Waals surface area contributed by atoms with Gasteiger partial charge in [-0.1, -0.05) is 30.3 Å². The van der Waals surface area contributed by atoms with Gasteiger partial charge < -0.3 is 9.64 Å².